The Morgan fingerprint density at radius 3 is 2.71 bits per heavy atom. The highest BCUT2D eigenvalue weighted by atomic mass is 79.9. The highest BCUT2D eigenvalue weighted by Gasteiger charge is 2.23. The first-order chi connectivity index (χ1) is 10.1. The molecule has 1 fully saturated rings. The first-order valence-corrected chi connectivity index (χ1v) is 7.69. The van der Waals surface area contributed by atoms with Crippen LogP contribution in [0, 0.1) is 10.1 Å². The van der Waals surface area contributed by atoms with Gasteiger partial charge < -0.3 is 5.32 Å². The average Bonchev–Trinajstić information content (AvgIpc) is 3.31. The molecule has 1 saturated carbocycles. The van der Waals surface area contributed by atoms with Gasteiger partial charge in [-0.25, -0.2) is 0 Å². The van der Waals surface area contributed by atoms with Crippen molar-refractivity contribution in [2.45, 2.75) is 25.3 Å². The molecule has 1 aliphatic rings. The number of nitrogens with one attached hydrogen (secondary N) is 1. The normalized spacial score (nSPS) is 14.0. The Labute approximate surface area is 131 Å². The molecule has 0 atom stereocenters. The summed E-state index contributed by atoms with van der Waals surface area (Å²) in [6.07, 6.45) is 2.59. The minimum absolute atomic E-state index is 0.0863. The average molecular weight is 347 g/mol. The van der Waals surface area contributed by atoms with Crippen LogP contribution in [0.4, 0.5) is 11.4 Å². The van der Waals surface area contributed by atoms with E-state index in [4.69, 9.17) is 0 Å². The van der Waals surface area contributed by atoms with Crippen molar-refractivity contribution in [2.75, 3.05) is 5.32 Å². The summed E-state index contributed by atoms with van der Waals surface area (Å²) < 4.78 is 0.704. The fraction of sp³-hybridized carbons (Fsp3) is 0.250. The van der Waals surface area contributed by atoms with E-state index >= 15 is 0 Å². The standard InChI is InChI=1S/C16H15BrN2O2/c17-15-9-14(19(20)21)6-7-16(15)18-10-11-2-1-3-13(8-11)12-4-5-12/h1-3,6-9,12,18H,4-5,10H2. The van der Waals surface area contributed by atoms with Crippen LogP contribution >= 0.6 is 15.9 Å². The number of nitro benzene ring substituents is 1. The molecule has 5 heteroatoms. The molecular formula is C16H15BrN2O2. The van der Waals surface area contributed by atoms with Crippen LogP contribution in [0.25, 0.3) is 0 Å². The number of hydrogen-bond donors (Lipinski definition) is 1. The van der Waals surface area contributed by atoms with Crippen molar-refractivity contribution in [3.05, 3.63) is 68.2 Å². The maximum Gasteiger partial charge on any atom is 0.270 e. The fourth-order valence-electron chi connectivity index (χ4n) is 2.33. The van der Waals surface area contributed by atoms with Crippen LogP contribution < -0.4 is 5.32 Å². The Morgan fingerprint density at radius 1 is 1.24 bits per heavy atom. The molecule has 3 rings (SSSR count). The van der Waals surface area contributed by atoms with Crippen molar-refractivity contribution >= 4 is 27.3 Å². The quantitative estimate of drug-likeness (QED) is 0.622. The van der Waals surface area contributed by atoms with Gasteiger partial charge in [0, 0.05) is 28.8 Å². The van der Waals surface area contributed by atoms with Crippen LogP contribution in [0.5, 0.6) is 0 Å². The number of halogens is 1. The molecule has 0 amide bonds. The lowest BCUT2D eigenvalue weighted by atomic mass is 10.1. The van der Waals surface area contributed by atoms with Crippen molar-refractivity contribution in [1.29, 1.82) is 0 Å². The van der Waals surface area contributed by atoms with E-state index in [-0.39, 0.29) is 5.69 Å². The Kier molecular flexibility index (Phi) is 3.92. The summed E-state index contributed by atoms with van der Waals surface area (Å²) in [6, 6.07) is 13.4. The molecular weight excluding hydrogens is 332 g/mol. The molecule has 108 valence electrons. The monoisotopic (exact) mass is 346 g/mol. The second-order valence-electron chi connectivity index (χ2n) is 5.29. The van der Waals surface area contributed by atoms with E-state index < -0.39 is 4.92 Å². The molecule has 2 aromatic carbocycles. The van der Waals surface area contributed by atoms with Crippen molar-refractivity contribution < 1.29 is 4.92 Å². The predicted octanol–water partition coefficient (Wildman–Crippen LogP) is 4.85. The Bertz CT molecular complexity index is 684. The van der Waals surface area contributed by atoms with Crippen molar-refractivity contribution in [3.63, 3.8) is 0 Å². The lowest BCUT2D eigenvalue weighted by molar-refractivity contribution is -0.384. The highest BCUT2D eigenvalue weighted by molar-refractivity contribution is 9.10. The number of nitrogens with zero attached hydrogens (tertiary/aromatic N) is 1. The minimum atomic E-state index is -0.395. The second-order valence-corrected chi connectivity index (χ2v) is 6.15. The summed E-state index contributed by atoms with van der Waals surface area (Å²) in [6.45, 7) is 0.705. The van der Waals surface area contributed by atoms with E-state index in [1.54, 1.807) is 6.07 Å². The van der Waals surface area contributed by atoms with Gasteiger partial charge in [-0.2, -0.15) is 0 Å². The van der Waals surface area contributed by atoms with E-state index in [1.807, 2.05) is 0 Å². The number of anilines is 1. The molecule has 1 aliphatic carbocycles. The zero-order chi connectivity index (χ0) is 14.8. The molecule has 2 aromatic rings. The van der Waals surface area contributed by atoms with Crippen LogP contribution in [-0.2, 0) is 6.54 Å². The third-order valence-corrected chi connectivity index (χ3v) is 4.30. The lowest BCUT2D eigenvalue weighted by Crippen LogP contribution is -2.01. The van der Waals surface area contributed by atoms with E-state index in [0.717, 1.165) is 11.6 Å². The topological polar surface area (TPSA) is 55.2 Å². The van der Waals surface area contributed by atoms with Gasteiger partial charge in [0.15, 0.2) is 0 Å². The molecule has 0 heterocycles. The smallest absolute Gasteiger partial charge is 0.270 e. The maximum atomic E-state index is 10.7. The highest BCUT2D eigenvalue weighted by Crippen LogP contribution is 2.40. The Morgan fingerprint density at radius 2 is 2.05 bits per heavy atom. The Hall–Kier alpha value is -1.88. The van der Waals surface area contributed by atoms with E-state index in [1.165, 1.54) is 36.1 Å². The first-order valence-electron chi connectivity index (χ1n) is 6.90. The van der Waals surface area contributed by atoms with Gasteiger partial charge in [0.05, 0.1) is 4.92 Å². The molecule has 0 aliphatic heterocycles. The van der Waals surface area contributed by atoms with Crippen molar-refractivity contribution in [3.8, 4) is 0 Å². The van der Waals surface area contributed by atoms with E-state index in [2.05, 4.69) is 45.5 Å². The van der Waals surface area contributed by atoms with Gasteiger partial charge in [0.25, 0.3) is 5.69 Å². The van der Waals surface area contributed by atoms with Crippen LogP contribution in [0.1, 0.15) is 29.9 Å². The summed E-state index contributed by atoms with van der Waals surface area (Å²) in [5, 5.41) is 14.0. The molecule has 0 bridgehead atoms. The molecule has 0 saturated heterocycles. The van der Waals surface area contributed by atoms with Gasteiger partial charge in [-0.15, -0.1) is 0 Å². The maximum absolute atomic E-state index is 10.7. The molecule has 4 nitrogen and oxygen atoms in total. The van der Waals surface area contributed by atoms with Crippen LogP contribution in [0.2, 0.25) is 0 Å². The van der Waals surface area contributed by atoms with E-state index in [0.29, 0.717) is 11.0 Å². The molecule has 0 unspecified atom stereocenters. The molecule has 0 radical (unpaired) electrons. The number of non-ortho nitro benzene ring substituents is 1. The predicted molar refractivity (Wildman–Crippen MR) is 86.5 cm³/mol. The van der Waals surface area contributed by atoms with Gasteiger partial charge in [0.1, 0.15) is 0 Å². The van der Waals surface area contributed by atoms with Crippen LogP contribution in [0.15, 0.2) is 46.9 Å². The SMILES string of the molecule is O=[N+]([O-])c1ccc(NCc2cccc(C3CC3)c2)c(Br)c1. The third kappa shape index (κ3) is 3.42. The van der Waals surface area contributed by atoms with Gasteiger partial charge in [0.2, 0.25) is 0 Å². The summed E-state index contributed by atoms with van der Waals surface area (Å²) in [7, 11) is 0. The van der Waals surface area contributed by atoms with Crippen molar-refractivity contribution in [1.82, 2.24) is 0 Å². The zero-order valence-electron chi connectivity index (χ0n) is 11.4. The number of hydrogen-bond acceptors (Lipinski definition) is 3. The number of nitro groups is 1. The van der Waals surface area contributed by atoms with E-state index in [9.17, 15) is 10.1 Å². The molecule has 0 aromatic heterocycles. The molecule has 21 heavy (non-hydrogen) atoms. The fourth-order valence-corrected chi connectivity index (χ4v) is 2.84. The molecule has 0 spiro atoms. The van der Waals surface area contributed by atoms with Crippen molar-refractivity contribution in [2.24, 2.45) is 0 Å². The largest absolute Gasteiger partial charge is 0.380 e. The summed E-state index contributed by atoms with van der Waals surface area (Å²) in [5.74, 6) is 0.746. The number of rotatable bonds is 5. The second kappa shape index (κ2) is 5.85. The summed E-state index contributed by atoms with van der Waals surface area (Å²) in [5.41, 5.74) is 3.59. The van der Waals surface area contributed by atoms with Crippen LogP contribution in [0.3, 0.4) is 0 Å². The Balaban J connectivity index is 1.69. The lowest BCUT2D eigenvalue weighted by Gasteiger charge is -2.09. The zero-order valence-corrected chi connectivity index (χ0v) is 13.0. The van der Waals surface area contributed by atoms with Gasteiger partial charge >= 0.3 is 0 Å². The number of benzene rings is 2. The minimum Gasteiger partial charge on any atom is -0.380 e. The van der Waals surface area contributed by atoms with Crippen LogP contribution in [-0.4, -0.2) is 4.92 Å². The van der Waals surface area contributed by atoms with Gasteiger partial charge in [-0.1, -0.05) is 24.3 Å². The summed E-state index contributed by atoms with van der Waals surface area (Å²) >= 11 is 3.37. The van der Waals surface area contributed by atoms with Gasteiger partial charge in [-0.05, 0) is 51.9 Å². The molecule has 1 N–H and O–H groups in total. The first kappa shape index (κ1) is 14.1. The van der Waals surface area contributed by atoms with Gasteiger partial charge in [-0.3, -0.25) is 10.1 Å². The summed E-state index contributed by atoms with van der Waals surface area (Å²) in [4.78, 5) is 10.3. The third-order valence-electron chi connectivity index (χ3n) is 3.65.